The second-order valence-electron chi connectivity index (χ2n) is 4.41. The van der Waals surface area contributed by atoms with Gasteiger partial charge in [-0.2, -0.15) is 0 Å². The molecule has 5 nitrogen and oxygen atoms in total. The van der Waals surface area contributed by atoms with Crippen molar-refractivity contribution in [1.82, 2.24) is 10.2 Å². The van der Waals surface area contributed by atoms with Gasteiger partial charge in [0.1, 0.15) is 0 Å². The Labute approximate surface area is 89.0 Å². The summed E-state index contributed by atoms with van der Waals surface area (Å²) in [7, 11) is 0. The van der Waals surface area contributed by atoms with Crippen LogP contribution in [-0.2, 0) is 9.59 Å². The van der Waals surface area contributed by atoms with Crippen LogP contribution in [0.2, 0.25) is 0 Å². The summed E-state index contributed by atoms with van der Waals surface area (Å²) >= 11 is 0. The van der Waals surface area contributed by atoms with Gasteiger partial charge in [0.25, 0.3) is 0 Å². The van der Waals surface area contributed by atoms with Crippen LogP contribution in [0.25, 0.3) is 0 Å². The fourth-order valence-electron chi connectivity index (χ4n) is 2.10. The lowest BCUT2D eigenvalue weighted by Gasteiger charge is -2.33. The number of carbonyl (C=O) groups is 2. The standard InChI is InChI=1S/C10H17N3O2/c11-7-4-8(5-7)12-9(14)6-13-3-1-2-10(13)15/h7-8H,1-6,11H2,(H,12,14). The van der Waals surface area contributed by atoms with Crippen molar-refractivity contribution in [3.8, 4) is 0 Å². The van der Waals surface area contributed by atoms with E-state index in [2.05, 4.69) is 5.32 Å². The van der Waals surface area contributed by atoms with Gasteiger partial charge in [-0.1, -0.05) is 0 Å². The summed E-state index contributed by atoms with van der Waals surface area (Å²) < 4.78 is 0. The lowest BCUT2D eigenvalue weighted by Crippen LogP contribution is -2.52. The molecule has 0 atom stereocenters. The van der Waals surface area contributed by atoms with Crippen molar-refractivity contribution in [3.63, 3.8) is 0 Å². The molecule has 1 heterocycles. The molecule has 2 fully saturated rings. The average Bonchev–Trinajstić information content (AvgIpc) is 2.49. The minimum Gasteiger partial charge on any atom is -0.352 e. The molecule has 3 N–H and O–H groups in total. The monoisotopic (exact) mass is 211 g/mol. The highest BCUT2D eigenvalue weighted by Gasteiger charge is 2.28. The molecule has 0 unspecified atom stereocenters. The number of hydrogen-bond acceptors (Lipinski definition) is 3. The predicted molar refractivity (Wildman–Crippen MR) is 55.0 cm³/mol. The quantitative estimate of drug-likeness (QED) is 0.642. The predicted octanol–water partition coefficient (Wildman–Crippen LogP) is -0.785. The molecule has 0 aromatic heterocycles. The van der Waals surface area contributed by atoms with E-state index < -0.39 is 0 Å². The molecule has 0 aromatic carbocycles. The fraction of sp³-hybridized carbons (Fsp3) is 0.800. The van der Waals surface area contributed by atoms with Crippen LogP contribution in [0.3, 0.4) is 0 Å². The molecule has 0 bridgehead atoms. The van der Waals surface area contributed by atoms with Crippen LogP contribution in [0.4, 0.5) is 0 Å². The van der Waals surface area contributed by atoms with Gasteiger partial charge >= 0.3 is 0 Å². The van der Waals surface area contributed by atoms with Gasteiger partial charge in [0.2, 0.25) is 11.8 Å². The minimum absolute atomic E-state index is 0.0536. The van der Waals surface area contributed by atoms with Crippen molar-refractivity contribution < 1.29 is 9.59 Å². The Bertz CT molecular complexity index is 274. The van der Waals surface area contributed by atoms with Crippen LogP contribution in [0.15, 0.2) is 0 Å². The molecular weight excluding hydrogens is 194 g/mol. The van der Waals surface area contributed by atoms with Crippen LogP contribution in [0, 0.1) is 0 Å². The minimum atomic E-state index is -0.0536. The maximum atomic E-state index is 11.5. The summed E-state index contributed by atoms with van der Waals surface area (Å²) in [5, 5.41) is 2.88. The summed E-state index contributed by atoms with van der Waals surface area (Å²) in [6.07, 6.45) is 3.18. The molecule has 84 valence electrons. The van der Waals surface area contributed by atoms with Gasteiger partial charge in [-0.05, 0) is 19.3 Å². The number of hydrogen-bond donors (Lipinski definition) is 2. The first-order valence-corrected chi connectivity index (χ1v) is 5.48. The highest BCUT2D eigenvalue weighted by atomic mass is 16.2. The molecule has 2 aliphatic rings. The van der Waals surface area contributed by atoms with Crippen molar-refractivity contribution in [3.05, 3.63) is 0 Å². The van der Waals surface area contributed by atoms with E-state index in [1.165, 1.54) is 0 Å². The summed E-state index contributed by atoms with van der Waals surface area (Å²) in [6, 6.07) is 0.467. The third-order valence-electron chi connectivity index (χ3n) is 3.05. The van der Waals surface area contributed by atoms with Gasteiger partial charge < -0.3 is 16.0 Å². The van der Waals surface area contributed by atoms with E-state index in [1.54, 1.807) is 4.90 Å². The molecule has 15 heavy (non-hydrogen) atoms. The summed E-state index contributed by atoms with van der Waals surface area (Å²) in [4.78, 5) is 24.4. The van der Waals surface area contributed by atoms with E-state index >= 15 is 0 Å². The highest BCUT2D eigenvalue weighted by molar-refractivity contribution is 5.86. The highest BCUT2D eigenvalue weighted by Crippen LogP contribution is 2.17. The Hall–Kier alpha value is -1.10. The molecule has 1 saturated heterocycles. The number of amides is 2. The first-order chi connectivity index (χ1) is 7.15. The molecule has 2 rings (SSSR count). The Morgan fingerprint density at radius 2 is 2.27 bits per heavy atom. The van der Waals surface area contributed by atoms with Crippen molar-refractivity contribution >= 4 is 11.8 Å². The Morgan fingerprint density at radius 1 is 1.53 bits per heavy atom. The molecule has 1 aliphatic heterocycles. The van der Waals surface area contributed by atoms with E-state index in [9.17, 15) is 9.59 Å². The lowest BCUT2D eigenvalue weighted by atomic mass is 9.88. The maximum absolute atomic E-state index is 11.5. The number of nitrogens with one attached hydrogen (secondary N) is 1. The van der Waals surface area contributed by atoms with Crippen LogP contribution in [0.5, 0.6) is 0 Å². The number of likely N-dealkylation sites (tertiary alicyclic amines) is 1. The van der Waals surface area contributed by atoms with Crippen LogP contribution < -0.4 is 11.1 Å². The van der Waals surface area contributed by atoms with Crippen LogP contribution >= 0.6 is 0 Å². The largest absolute Gasteiger partial charge is 0.352 e. The Kier molecular flexibility index (Phi) is 2.90. The number of rotatable bonds is 3. The molecule has 0 spiro atoms. The number of carbonyl (C=O) groups excluding carboxylic acids is 2. The second kappa shape index (κ2) is 4.18. The van der Waals surface area contributed by atoms with Crippen molar-refractivity contribution in [2.24, 2.45) is 5.73 Å². The van der Waals surface area contributed by atoms with Gasteiger partial charge in [-0.3, -0.25) is 9.59 Å². The smallest absolute Gasteiger partial charge is 0.239 e. The number of nitrogens with two attached hydrogens (primary N) is 1. The molecule has 1 saturated carbocycles. The molecule has 1 aliphatic carbocycles. The van der Waals surface area contributed by atoms with Gasteiger partial charge in [0.05, 0.1) is 6.54 Å². The molecule has 2 amide bonds. The average molecular weight is 211 g/mol. The molecular formula is C10H17N3O2. The van der Waals surface area contributed by atoms with Gasteiger partial charge in [-0.15, -0.1) is 0 Å². The van der Waals surface area contributed by atoms with Crippen LogP contribution in [-0.4, -0.2) is 41.9 Å². The van der Waals surface area contributed by atoms with Gasteiger partial charge in [0, 0.05) is 25.0 Å². The van der Waals surface area contributed by atoms with Gasteiger partial charge in [0.15, 0.2) is 0 Å². The first-order valence-electron chi connectivity index (χ1n) is 5.48. The zero-order valence-electron chi connectivity index (χ0n) is 8.74. The summed E-state index contributed by atoms with van der Waals surface area (Å²) in [5.41, 5.74) is 5.61. The lowest BCUT2D eigenvalue weighted by molar-refractivity contribution is -0.133. The topological polar surface area (TPSA) is 75.4 Å². The zero-order chi connectivity index (χ0) is 10.8. The first kappa shape index (κ1) is 10.4. The SMILES string of the molecule is NC1CC(NC(=O)CN2CCCC2=O)C1. The Morgan fingerprint density at radius 3 is 2.80 bits per heavy atom. The maximum Gasteiger partial charge on any atom is 0.239 e. The second-order valence-corrected chi connectivity index (χ2v) is 4.41. The normalized spacial score (nSPS) is 30.2. The molecule has 0 aromatic rings. The zero-order valence-corrected chi connectivity index (χ0v) is 8.74. The third kappa shape index (κ3) is 2.47. The molecule has 5 heteroatoms. The Balaban J connectivity index is 1.70. The number of nitrogens with zero attached hydrogens (tertiary/aromatic N) is 1. The molecule has 0 radical (unpaired) electrons. The fourth-order valence-corrected chi connectivity index (χ4v) is 2.10. The van der Waals surface area contributed by atoms with E-state index in [1.807, 2.05) is 0 Å². The van der Waals surface area contributed by atoms with Crippen molar-refractivity contribution in [2.45, 2.75) is 37.8 Å². The summed E-state index contributed by atoms with van der Waals surface area (Å²) in [5.74, 6) is 0.0395. The van der Waals surface area contributed by atoms with E-state index in [4.69, 9.17) is 5.73 Å². The summed E-state index contributed by atoms with van der Waals surface area (Å²) in [6.45, 7) is 0.932. The van der Waals surface area contributed by atoms with E-state index in [0.29, 0.717) is 6.42 Å². The van der Waals surface area contributed by atoms with Crippen molar-refractivity contribution in [1.29, 1.82) is 0 Å². The van der Waals surface area contributed by atoms with Crippen molar-refractivity contribution in [2.75, 3.05) is 13.1 Å². The van der Waals surface area contributed by atoms with E-state index in [0.717, 1.165) is 25.8 Å². The van der Waals surface area contributed by atoms with E-state index in [-0.39, 0.29) is 30.4 Å². The van der Waals surface area contributed by atoms with Crippen LogP contribution in [0.1, 0.15) is 25.7 Å². The van der Waals surface area contributed by atoms with Gasteiger partial charge in [-0.25, -0.2) is 0 Å². The third-order valence-corrected chi connectivity index (χ3v) is 3.05.